The number of piperidine rings is 1. The fourth-order valence-corrected chi connectivity index (χ4v) is 2.59. The quantitative estimate of drug-likeness (QED) is 0.705. The van der Waals surface area contributed by atoms with Gasteiger partial charge in [0.2, 0.25) is 11.8 Å². The smallest absolute Gasteiger partial charge is 0.225 e. The number of hydrogen-bond donors (Lipinski definition) is 2. The van der Waals surface area contributed by atoms with Crippen LogP contribution < -0.4 is 5.32 Å². The molecule has 2 N–H and O–H groups in total. The van der Waals surface area contributed by atoms with Crippen LogP contribution in [0.5, 0.6) is 0 Å². The summed E-state index contributed by atoms with van der Waals surface area (Å²) >= 11 is 0. The highest BCUT2D eigenvalue weighted by atomic mass is 16.5. The van der Waals surface area contributed by atoms with Crippen LogP contribution in [-0.2, 0) is 14.3 Å². The Bertz CT molecular complexity index is 357. The van der Waals surface area contributed by atoms with Crippen molar-refractivity contribution < 1.29 is 19.4 Å². The zero-order valence-electron chi connectivity index (χ0n) is 12.0. The maximum Gasteiger partial charge on any atom is 0.225 e. The van der Waals surface area contributed by atoms with Gasteiger partial charge in [-0.1, -0.05) is 0 Å². The van der Waals surface area contributed by atoms with Crippen molar-refractivity contribution in [2.24, 2.45) is 11.8 Å². The van der Waals surface area contributed by atoms with Gasteiger partial charge in [-0.05, 0) is 25.7 Å². The van der Waals surface area contributed by atoms with Crippen molar-refractivity contribution in [3.63, 3.8) is 0 Å². The third-order valence-electron chi connectivity index (χ3n) is 3.90. The average Bonchev–Trinajstić information content (AvgIpc) is 3.29. The molecule has 2 fully saturated rings. The molecule has 0 aromatic heterocycles. The predicted molar refractivity (Wildman–Crippen MR) is 72.9 cm³/mol. The molecule has 2 atom stereocenters. The molecule has 1 aliphatic carbocycles. The molecule has 0 radical (unpaired) electrons. The second-order valence-electron chi connectivity index (χ2n) is 5.75. The van der Waals surface area contributed by atoms with Gasteiger partial charge in [0, 0.05) is 32.7 Å². The van der Waals surface area contributed by atoms with E-state index in [1.165, 1.54) is 7.11 Å². The van der Waals surface area contributed by atoms with Gasteiger partial charge >= 0.3 is 0 Å². The fraction of sp³-hybridized carbons (Fsp3) is 0.857. The highest BCUT2D eigenvalue weighted by molar-refractivity contribution is 5.83. The number of amides is 2. The molecule has 1 aliphatic heterocycles. The van der Waals surface area contributed by atoms with Crippen LogP contribution in [0.4, 0.5) is 0 Å². The van der Waals surface area contributed by atoms with Gasteiger partial charge in [0.05, 0.1) is 18.6 Å². The number of likely N-dealkylation sites (tertiary alicyclic amines) is 1. The first-order valence-corrected chi connectivity index (χ1v) is 7.35. The number of aliphatic hydroxyl groups excluding tert-OH is 1. The largest absolute Gasteiger partial charge is 0.389 e. The number of carbonyl (C=O) groups excluding carboxylic acids is 2. The Morgan fingerprint density at radius 3 is 2.75 bits per heavy atom. The van der Waals surface area contributed by atoms with Gasteiger partial charge in [-0.2, -0.15) is 0 Å². The summed E-state index contributed by atoms with van der Waals surface area (Å²) in [6.45, 7) is 1.68. The van der Waals surface area contributed by atoms with E-state index in [9.17, 15) is 14.7 Å². The number of methoxy groups -OCH3 is 1. The summed E-state index contributed by atoms with van der Waals surface area (Å²) in [5.74, 6) is 0.192. The van der Waals surface area contributed by atoms with Gasteiger partial charge in [0.15, 0.2) is 0 Å². The number of nitrogens with one attached hydrogen (secondary N) is 1. The van der Waals surface area contributed by atoms with E-state index in [2.05, 4.69) is 5.32 Å². The van der Waals surface area contributed by atoms with E-state index in [1.807, 2.05) is 4.90 Å². The second kappa shape index (κ2) is 7.04. The molecule has 0 bridgehead atoms. The Labute approximate surface area is 119 Å². The maximum atomic E-state index is 12.1. The summed E-state index contributed by atoms with van der Waals surface area (Å²) in [5.41, 5.74) is 0. The lowest BCUT2D eigenvalue weighted by Gasteiger charge is -2.32. The summed E-state index contributed by atoms with van der Waals surface area (Å²) in [7, 11) is 1.51. The average molecular weight is 284 g/mol. The standard InChI is InChI=1S/C14H24N2O4/c1-20-9-12(17)7-15-13(18)11-3-2-6-16(8-11)14(19)10-4-5-10/h10-12,17H,2-9H2,1H3,(H,15,18). The van der Waals surface area contributed by atoms with Crippen molar-refractivity contribution in [1.29, 1.82) is 0 Å². The van der Waals surface area contributed by atoms with Crippen LogP contribution in [-0.4, -0.2) is 61.3 Å². The molecule has 1 heterocycles. The van der Waals surface area contributed by atoms with Crippen molar-refractivity contribution >= 4 is 11.8 Å². The molecule has 0 aromatic rings. The Morgan fingerprint density at radius 2 is 2.10 bits per heavy atom. The van der Waals surface area contributed by atoms with E-state index in [4.69, 9.17) is 4.74 Å². The molecule has 0 aromatic carbocycles. The zero-order chi connectivity index (χ0) is 14.5. The van der Waals surface area contributed by atoms with Crippen LogP contribution in [0, 0.1) is 11.8 Å². The first-order chi connectivity index (χ1) is 9.61. The molecule has 6 nitrogen and oxygen atoms in total. The minimum absolute atomic E-state index is 0.0755. The molecule has 1 saturated carbocycles. The van der Waals surface area contributed by atoms with Gasteiger partial charge in [-0.3, -0.25) is 9.59 Å². The molecule has 114 valence electrons. The van der Waals surface area contributed by atoms with Gasteiger partial charge in [0.25, 0.3) is 0 Å². The van der Waals surface area contributed by atoms with Crippen molar-refractivity contribution in [3.8, 4) is 0 Å². The van der Waals surface area contributed by atoms with E-state index in [1.54, 1.807) is 0 Å². The Balaban J connectivity index is 1.76. The van der Waals surface area contributed by atoms with Gasteiger partial charge < -0.3 is 20.1 Å². The van der Waals surface area contributed by atoms with E-state index in [0.717, 1.165) is 32.2 Å². The molecular formula is C14H24N2O4. The van der Waals surface area contributed by atoms with Crippen LogP contribution in [0.3, 0.4) is 0 Å². The van der Waals surface area contributed by atoms with Crippen molar-refractivity contribution in [3.05, 3.63) is 0 Å². The lowest BCUT2D eigenvalue weighted by molar-refractivity contribution is -0.137. The first kappa shape index (κ1) is 15.3. The summed E-state index contributed by atoms with van der Waals surface area (Å²) in [4.78, 5) is 25.9. The van der Waals surface area contributed by atoms with Crippen LogP contribution in [0.1, 0.15) is 25.7 Å². The number of carbonyl (C=O) groups is 2. The van der Waals surface area contributed by atoms with E-state index in [-0.39, 0.29) is 36.8 Å². The maximum absolute atomic E-state index is 12.1. The summed E-state index contributed by atoms with van der Waals surface area (Å²) in [6.07, 6.45) is 2.99. The highest BCUT2D eigenvalue weighted by Crippen LogP contribution is 2.32. The third-order valence-corrected chi connectivity index (χ3v) is 3.90. The second-order valence-corrected chi connectivity index (χ2v) is 5.75. The predicted octanol–water partition coefficient (Wildman–Crippen LogP) is -0.241. The van der Waals surface area contributed by atoms with Gasteiger partial charge in [0.1, 0.15) is 0 Å². The highest BCUT2D eigenvalue weighted by Gasteiger charge is 2.36. The number of rotatable bonds is 6. The molecule has 20 heavy (non-hydrogen) atoms. The Morgan fingerprint density at radius 1 is 1.35 bits per heavy atom. The lowest BCUT2D eigenvalue weighted by atomic mass is 9.96. The van der Waals surface area contributed by atoms with E-state index >= 15 is 0 Å². The van der Waals surface area contributed by atoms with E-state index in [0.29, 0.717) is 6.54 Å². The minimum atomic E-state index is -0.684. The van der Waals surface area contributed by atoms with Crippen molar-refractivity contribution in [1.82, 2.24) is 10.2 Å². The minimum Gasteiger partial charge on any atom is -0.389 e. The molecule has 2 aliphatic rings. The first-order valence-electron chi connectivity index (χ1n) is 7.35. The number of ether oxygens (including phenoxy) is 1. The van der Waals surface area contributed by atoms with Crippen molar-refractivity contribution in [2.75, 3.05) is 33.4 Å². The molecule has 2 rings (SSSR count). The molecule has 6 heteroatoms. The fourth-order valence-electron chi connectivity index (χ4n) is 2.59. The monoisotopic (exact) mass is 284 g/mol. The summed E-state index contributed by atoms with van der Waals surface area (Å²) in [5, 5.41) is 12.2. The third kappa shape index (κ3) is 4.18. The van der Waals surface area contributed by atoms with Crippen molar-refractivity contribution in [2.45, 2.75) is 31.8 Å². The van der Waals surface area contributed by atoms with Crippen LogP contribution in [0.2, 0.25) is 0 Å². The number of hydrogen-bond acceptors (Lipinski definition) is 4. The van der Waals surface area contributed by atoms with Gasteiger partial charge in [-0.25, -0.2) is 0 Å². The number of aliphatic hydroxyl groups is 1. The zero-order valence-corrected chi connectivity index (χ0v) is 12.0. The lowest BCUT2D eigenvalue weighted by Crippen LogP contribution is -2.47. The number of nitrogens with zero attached hydrogens (tertiary/aromatic N) is 1. The normalized spacial score (nSPS) is 24.3. The summed E-state index contributed by atoms with van der Waals surface area (Å²) in [6, 6.07) is 0. The molecular weight excluding hydrogens is 260 g/mol. The van der Waals surface area contributed by atoms with Crippen LogP contribution >= 0.6 is 0 Å². The Kier molecular flexibility index (Phi) is 5.37. The summed E-state index contributed by atoms with van der Waals surface area (Å²) < 4.78 is 4.81. The molecule has 1 saturated heterocycles. The molecule has 0 spiro atoms. The van der Waals surface area contributed by atoms with E-state index < -0.39 is 6.10 Å². The SMILES string of the molecule is COCC(O)CNC(=O)C1CCCN(C(=O)C2CC2)C1. The topological polar surface area (TPSA) is 78.9 Å². The molecule has 2 unspecified atom stereocenters. The Hall–Kier alpha value is -1.14. The van der Waals surface area contributed by atoms with Crippen LogP contribution in [0.15, 0.2) is 0 Å². The molecule has 2 amide bonds. The van der Waals surface area contributed by atoms with Gasteiger partial charge in [-0.15, -0.1) is 0 Å². The van der Waals surface area contributed by atoms with Crippen LogP contribution in [0.25, 0.3) is 0 Å².